The molecule has 2 atom stereocenters. The Kier molecular flexibility index (Phi) is 4.48. The highest BCUT2D eigenvalue weighted by atomic mass is 16.5. The van der Waals surface area contributed by atoms with Crippen molar-refractivity contribution in [1.29, 1.82) is 0 Å². The summed E-state index contributed by atoms with van der Waals surface area (Å²) in [6.45, 7) is 6.19. The number of benzene rings is 1. The van der Waals surface area contributed by atoms with Gasteiger partial charge in [-0.25, -0.2) is 0 Å². The normalized spacial score (nSPS) is 25.9. The molecule has 2 fully saturated rings. The Labute approximate surface area is 127 Å². The van der Waals surface area contributed by atoms with Gasteiger partial charge in [0.2, 0.25) is 0 Å². The Hall–Kier alpha value is -1.10. The fourth-order valence-electron chi connectivity index (χ4n) is 3.59. The van der Waals surface area contributed by atoms with E-state index >= 15 is 0 Å². The Morgan fingerprint density at radius 3 is 2.67 bits per heavy atom. The van der Waals surface area contributed by atoms with Crippen LogP contribution < -0.4 is 15.4 Å². The van der Waals surface area contributed by atoms with Crippen molar-refractivity contribution < 1.29 is 9.47 Å². The molecule has 0 saturated carbocycles. The zero-order valence-electron chi connectivity index (χ0n) is 13.0. The number of ether oxygens (including phenoxy) is 2. The number of hydrogen-bond acceptors (Lipinski definition) is 4. The molecule has 2 aliphatic rings. The van der Waals surface area contributed by atoms with Crippen LogP contribution in [0.1, 0.15) is 31.4 Å². The van der Waals surface area contributed by atoms with Crippen LogP contribution in [0.5, 0.6) is 5.75 Å². The van der Waals surface area contributed by atoms with E-state index in [0.717, 1.165) is 32.1 Å². The van der Waals surface area contributed by atoms with Crippen LogP contribution in [-0.2, 0) is 4.74 Å². The summed E-state index contributed by atoms with van der Waals surface area (Å²) >= 11 is 0. The van der Waals surface area contributed by atoms with Crippen molar-refractivity contribution in [1.82, 2.24) is 10.6 Å². The lowest BCUT2D eigenvalue weighted by atomic mass is 9.75. The fourth-order valence-corrected chi connectivity index (χ4v) is 3.59. The molecule has 1 aromatic carbocycles. The maximum atomic E-state index is 5.81. The SMILES string of the molecule is COc1ccc([C@@H](C)NC2COCC23CCNCC3)cc1. The average molecular weight is 290 g/mol. The summed E-state index contributed by atoms with van der Waals surface area (Å²) in [5.41, 5.74) is 1.62. The molecule has 0 aromatic heterocycles. The number of methoxy groups -OCH3 is 1. The zero-order chi connectivity index (χ0) is 14.7. The molecule has 0 aliphatic carbocycles. The van der Waals surface area contributed by atoms with Gasteiger partial charge in [0.25, 0.3) is 0 Å². The van der Waals surface area contributed by atoms with Gasteiger partial charge >= 0.3 is 0 Å². The maximum absolute atomic E-state index is 5.81. The molecule has 3 rings (SSSR count). The van der Waals surface area contributed by atoms with Crippen molar-refractivity contribution in [2.75, 3.05) is 33.4 Å². The summed E-state index contributed by atoms with van der Waals surface area (Å²) in [4.78, 5) is 0. The second-order valence-electron chi connectivity index (χ2n) is 6.34. The molecular formula is C17H26N2O2. The molecule has 1 aromatic rings. The predicted molar refractivity (Wildman–Crippen MR) is 83.7 cm³/mol. The van der Waals surface area contributed by atoms with Crippen LogP contribution in [0.4, 0.5) is 0 Å². The van der Waals surface area contributed by atoms with Crippen LogP contribution in [0.25, 0.3) is 0 Å². The van der Waals surface area contributed by atoms with Gasteiger partial charge in [0.1, 0.15) is 5.75 Å². The highest BCUT2D eigenvalue weighted by Crippen LogP contribution is 2.38. The second kappa shape index (κ2) is 6.34. The Balaban J connectivity index is 1.66. The summed E-state index contributed by atoms with van der Waals surface area (Å²) < 4.78 is 11.0. The number of piperidine rings is 1. The number of rotatable bonds is 4. The van der Waals surface area contributed by atoms with E-state index < -0.39 is 0 Å². The van der Waals surface area contributed by atoms with Crippen LogP contribution in [-0.4, -0.2) is 39.5 Å². The van der Waals surface area contributed by atoms with Gasteiger partial charge in [-0.1, -0.05) is 12.1 Å². The van der Waals surface area contributed by atoms with Gasteiger partial charge in [-0.3, -0.25) is 0 Å². The minimum atomic E-state index is 0.325. The first-order chi connectivity index (χ1) is 10.2. The Morgan fingerprint density at radius 2 is 2.00 bits per heavy atom. The van der Waals surface area contributed by atoms with Crippen molar-refractivity contribution in [3.05, 3.63) is 29.8 Å². The van der Waals surface area contributed by atoms with E-state index in [-0.39, 0.29) is 0 Å². The van der Waals surface area contributed by atoms with E-state index in [9.17, 15) is 0 Å². The van der Waals surface area contributed by atoms with Gasteiger partial charge in [-0.15, -0.1) is 0 Å². The average Bonchev–Trinajstić information content (AvgIpc) is 2.90. The molecule has 0 amide bonds. The lowest BCUT2D eigenvalue weighted by Crippen LogP contribution is -2.50. The molecule has 21 heavy (non-hydrogen) atoms. The monoisotopic (exact) mass is 290 g/mol. The summed E-state index contributed by atoms with van der Waals surface area (Å²) in [6, 6.07) is 9.12. The number of hydrogen-bond donors (Lipinski definition) is 2. The standard InChI is InChI=1S/C17H26N2O2/c1-13(14-3-5-15(20-2)6-4-14)19-16-11-21-12-17(16)7-9-18-10-8-17/h3-6,13,16,18-19H,7-12H2,1-2H3/t13-,16?/m1/s1. The van der Waals surface area contributed by atoms with Crippen molar-refractivity contribution >= 4 is 0 Å². The third-order valence-corrected chi connectivity index (χ3v) is 5.08. The molecule has 2 saturated heterocycles. The molecular weight excluding hydrogens is 264 g/mol. The fraction of sp³-hybridized carbons (Fsp3) is 0.647. The van der Waals surface area contributed by atoms with Gasteiger partial charge in [0, 0.05) is 17.5 Å². The van der Waals surface area contributed by atoms with E-state index in [1.165, 1.54) is 18.4 Å². The molecule has 2 N–H and O–H groups in total. The summed E-state index contributed by atoms with van der Waals surface area (Å²) in [5.74, 6) is 0.907. The molecule has 4 nitrogen and oxygen atoms in total. The van der Waals surface area contributed by atoms with E-state index in [0.29, 0.717) is 17.5 Å². The van der Waals surface area contributed by atoms with Crippen LogP contribution >= 0.6 is 0 Å². The first kappa shape index (κ1) is 14.8. The maximum Gasteiger partial charge on any atom is 0.118 e. The highest BCUT2D eigenvalue weighted by molar-refractivity contribution is 5.29. The van der Waals surface area contributed by atoms with Crippen molar-refractivity contribution in [3.63, 3.8) is 0 Å². The molecule has 0 radical (unpaired) electrons. The summed E-state index contributed by atoms with van der Waals surface area (Å²) in [7, 11) is 1.70. The van der Waals surface area contributed by atoms with Gasteiger partial charge in [0.15, 0.2) is 0 Å². The minimum Gasteiger partial charge on any atom is -0.497 e. The van der Waals surface area contributed by atoms with Crippen LogP contribution in [0, 0.1) is 5.41 Å². The molecule has 4 heteroatoms. The Bertz CT molecular complexity index is 454. The molecule has 1 unspecified atom stereocenters. The summed E-state index contributed by atoms with van der Waals surface area (Å²) in [5, 5.41) is 7.26. The van der Waals surface area contributed by atoms with E-state index in [4.69, 9.17) is 9.47 Å². The Morgan fingerprint density at radius 1 is 1.29 bits per heavy atom. The first-order valence-corrected chi connectivity index (χ1v) is 7.92. The smallest absolute Gasteiger partial charge is 0.118 e. The second-order valence-corrected chi connectivity index (χ2v) is 6.34. The van der Waals surface area contributed by atoms with Gasteiger partial charge in [-0.05, 0) is 50.6 Å². The van der Waals surface area contributed by atoms with Gasteiger partial charge < -0.3 is 20.1 Å². The largest absolute Gasteiger partial charge is 0.497 e. The molecule has 2 aliphatic heterocycles. The molecule has 2 heterocycles. The lowest BCUT2D eigenvalue weighted by molar-refractivity contribution is 0.122. The molecule has 116 valence electrons. The number of nitrogens with one attached hydrogen (secondary N) is 2. The lowest BCUT2D eigenvalue weighted by Gasteiger charge is -2.39. The third-order valence-electron chi connectivity index (χ3n) is 5.08. The zero-order valence-corrected chi connectivity index (χ0v) is 13.0. The van der Waals surface area contributed by atoms with E-state index in [1.54, 1.807) is 7.11 Å². The highest BCUT2D eigenvalue weighted by Gasteiger charge is 2.44. The summed E-state index contributed by atoms with van der Waals surface area (Å²) in [6.07, 6.45) is 2.42. The topological polar surface area (TPSA) is 42.5 Å². The van der Waals surface area contributed by atoms with Crippen molar-refractivity contribution in [2.24, 2.45) is 5.41 Å². The third kappa shape index (κ3) is 3.07. The minimum absolute atomic E-state index is 0.325. The van der Waals surface area contributed by atoms with Crippen LogP contribution in [0.15, 0.2) is 24.3 Å². The van der Waals surface area contributed by atoms with Crippen molar-refractivity contribution in [2.45, 2.75) is 31.8 Å². The van der Waals surface area contributed by atoms with Crippen LogP contribution in [0.3, 0.4) is 0 Å². The molecule has 1 spiro atoms. The quantitative estimate of drug-likeness (QED) is 0.891. The van der Waals surface area contributed by atoms with E-state index in [1.807, 2.05) is 12.1 Å². The van der Waals surface area contributed by atoms with Gasteiger partial charge in [-0.2, -0.15) is 0 Å². The van der Waals surface area contributed by atoms with E-state index in [2.05, 4.69) is 29.7 Å². The first-order valence-electron chi connectivity index (χ1n) is 7.92. The van der Waals surface area contributed by atoms with Gasteiger partial charge in [0.05, 0.1) is 20.3 Å². The van der Waals surface area contributed by atoms with Crippen LogP contribution in [0.2, 0.25) is 0 Å². The molecule has 0 bridgehead atoms. The van der Waals surface area contributed by atoms with Crippen molar-refractivity contribution in [3.8, 4) is 5.75 Å². The predicted octanol–water partition coefficient (Wildman–Crippen LogP) is 2.11.